The van der Waals surface area contributed by atoms with E-state index in [1.54, 1.807) is 6.07 Å². The van der Waals surface area contributed by atoms with Gasteiger partial charge in [0.05, 0.1) is 16.8 Å². The van der Waals surface area contributed by atoms with Gasteiger partial charge in [0, 0.05) is 0 Å². The molecule has 2 aliphatic rings. The van der Waals surface area contributed by atoms with Crippen LogP contribution in [0.3, 0.4) is 0 Å². The van der Waals surface area contributed by atoms with Crippen molar-refractivity contribution in [3.8, 4) is 0 Å². The summed E-state index contributed by atoms with van der Waals surface area (Å²) < 4.78 is 0. The minimum Gasteiger partial charge on any atom is -0.324 e. The summed E-state index contributed by atoms with van der Waals surface area (Å²) in [7, 11) is 0. The van der Waals surface area contributed by atoms with Crippen molar-refractivity contribution in [2.45, 2.75) is 18.3 Å². The molecule has 2 heterocycles. The zero-order valence-electron chi connectivity index (χ0n) is 6.80. The molecule has 1 N–H and O–H groups in total. The van der Waals surface area contributed by atoms with Crippen molar-refractivity contribution in [3.63, 3.8) is 0 Å². The van der Waals surface area contributed by atoms with Crippen LogP contribution in [0.4, 0.5) is 5.69 Å². The number of rotatable bonds is 0. The summed E-state index contributed by atoms with van der Waals surface area (Å²) in [5, 5.41) is 3.28. The molecule has 66 valence electrons. The highest BCUT2D eigenvalue weighted by Crippen LogP contribution is 2.54. The fourth-order valence-electron chi connectivity index (χ4n) is 1.84. The Hall–Kier alpha value is -1.09. The van der Waals surface area contributed by atoms with Crippen LogP contribution in [0.1, 0.15) is 18.5 Å². The summed E-state index contributed by atoms with van der Waals surface area (Å²) in [4.78, 5) is 15.7. The zero-order valence-corrected chi connectivity index (χ0v) is 7.56. The van der Waals surface area contributed by atoms with Crippen LogP contribution in [-0.4, -0.2) is 10.9 Å². The van der Waals surface area contributed by atoms with Crippen LogP contribution in [0.5, 0.6) is 0 Å². The van der Waals surface area contributed by atoms with Crippen molar-refractivity contribution in [2.24, 2.45) is 0 Å². The standard InChI is InChI=1S/C9H7ClN2O/c10-6-2-1-5-7(12-6)9(3-4-9)8(13)11-5/h1-2H,3-4H2,(H,11,13). The molecule has 0 atom stereocenters. The zero-order chi connectivity index (χ0) is 9.05. The summed E-state index contributed by atoms with van der Waals surface area (Å²) in [5.41, 5.74) is 1.34. The van der Waals surface area contributed by atoms with Gasteiger partial charge in [-0.25, -0.2) is 4.98 Å². The normalized spacial score (nSPS) is 21.5. The fraction of sp³-hybridized carbons (Fsp3) is 0.333. The van der Waals surface area contributed by atoms with E-state index in [-0.39, 0.29) is 11.3 Å². The SMILES string of the molecule is O=C1Nc2ccc(Cl)nc2C12CC2. The Bertz CT molecular complexity index is 412. The second kappa shape index (κ2) is 2.04. The summed E-state index contributed by atoms with van der Waals surface area (Å²) in [6, 6.07) is 3.51. The lowest BCUT2D eigenvalue weighted by Gasteiger charge is -2.01. The molecule has 13 heavy (non-hydrogen) atoms. The van der Waals surface area contributed by atoms with E-state index in [9.17, 15) is 4.79 Å². The average Bonchev–Trinajstić information content (AvgIpc) is 2.83. The van der Waals surface area contributed by atoms with Gasteiger partial charge in [0.25, 0.3) is 0 Å². The first kappa shape index (κ1) is 7.33. The number of carbonyl (C=O) groups excluding carboxylic acids is 1. The van der Waals surface area contributed by atoms with Gasteiger partial charge in [-0.1, -0.05) is 11.6 Å². The van der Waals surface area contributed by atoms with Crippen molar-refractivity contribution in [1.82, 2.24) is 4.98 Å². The first-order valence-corrected chi connectivity index (χ1v) is 4.59. The first-order valence-electron chi connectivity index (χ1n) is 4.21. The molecule has 1 aromatic heterocycles. The lowest BCUT2D eigenvalue weighted by Crippen LogP contribution is -2.18. The van der Waals surface area contributed by atoms with E-state index in [0.717, 1.165) is 24.2 Å². The average molecular weight is 195 g/mol. The Labute approximate surface area is 80.1 Å². The van der Waals surface area contributed by atoms with Gasteiger partial charge in [-0.3, -0.25) is 4.79 Å². The molecule has 1 spiro atoms. The van der Waals surface area contributed by atoms with Gasteiger partial charge in [0.15, 0.2) is 0 Å². The van der Waals surface area contributed by atoms with E-state index in [1.165, 1.54) is 0 Å². The van der Waals surface area contributed by atoms with Crippen LogP contribution in [0, 0.1) is 0 Å². The van der Waals surface area contributed by atoms with Crippen molar-refractivity contribution in [3.05, 3.63) is 23.0 Å². The number of carbonyl (C=O) groups is 1. The number of fused-ring (bicyclic) bond motifs is 2. The highest BCUT2D eigenvalue weighted by atomic mass is 35.5. The van der Waals surface area contributed by atoms with Gasteiger partial charge >= 0.3 is 0 Å². The van der Waals surface area contributed by atoms with Crippen LogP contribution < -0.4 is 5.32 Å². The highest BCUT2D eigenvalue weighted by Gasteiger charge is 2.57. The predicted molar refractivity (Wildman–Crippen MR) is 48.8 cm³/mol. The molecule has 1 saturated carbocycles. The maximum absolute atomic E-state index is 11.5. The molecule has 1 aliphatic carbocycles. The van der Waals surface area contributed by atoms with Crippen LogP contribution in [0.15, 0.2) is 12.1 Å². The number of halogens is 1. The van der Waals surface area contributed by atoms with E-state index < -0.39 is 0 Å². The van der Waals surface area contributed by atoms with Gasteiger partial charge in [0.2, 0.25) is 5.91 Å². The Balaban J connectivity index is 2.24. The number of pyridine rings is 1. The lowest BCUT2D eigenvalue weighted by molar-refractivity contribution is -0.117. The Kier molecular flexibility index (Phi) is 1.15. The molecule has 0 radical (unpaired) electrons. The van der Waals surface area contributed by atoms with Gasteiger partial charge in [0.1, 0.15) is 5.15 Å². The number of amides is 1. The number of hydrogen-bond acceptors (Lipinski definition) is 2. The summed E-state index contributed by atoms with van der Waals surface area (Å²) in [6.07, 6.45) is 1.80. The molecule has 1 aromatic rings. The third-order valence-electron chi connectivity index (χ3n) is 2.75. The van der Waals surface area contributed by atoms with Gasteiger partial charge in [-0.05, 0) is 25.0 Å². The number of hydrogen-bond donors (Lipinski definition) is 1. The van der Waals surface area contributed by atoms with E-state index >= 15 is 0 Å². The number of aromatic nitrogens is 1. The van der Waals surface area contributed by atoms with E-state index in [4.69, 9.17) is 11.6 Å². The Morgan fingerprint density at radius 2 is 2.23 bits per heavy atom. The van der Waals surface area contributed by atoms with E-state index in [1.807, 2.05) is 6.07 Å². The first-order chi connectivity index (χ1) is 6.22. The van der Waals surface area contributed by atoms with E-state index in [0.29, 0.717) is 5.15 Å². The minimum absolute atomic E-state index is 0.0808. The smallest absolute Gasteiger partial charge is 0.236 e. The maximum Gasteiger partial charge on any atom is 0.236 e. The predicted octanol–water partition coefficient (Wildman–Crippen LogP) is 1.72. The van der Waals surface area contributed by atoms with Crippen molar-refractivity contribution in [2.75, 3.05) is 5.32 Å². The second-order valence-electron chi connectivity index (χ2n) is 3.57. The molecule has 0 bridgehead atoms. The third-order valence-corrected chi connectivity index (χ3v) is 2.96. The second-order valence-corrected chi connectivity index (χ2v) is 3.95. The molecule has 1 fully saturated rings. The topological polar surface area (TPSA) is 42.0 Å². The molecule has 3 rings (SSSR count). The van der Waals surface area contributed by atoms with Crippen molar-refractivity contribution in [1.29, 1.82) is 0 Å². The van der Waals surface area contributed by atoms with E-state index in [2.05, 4.69) is 10.3 Å². The molecular formula is C9H7ClN2O. The maximum atomic E-state index is 11.5. The lowest BCUT2D eigenvalue weighted by atomic mass is 10.0. The molecule has 3 nitrogen and oxygen atoms in total. The Morgan fingerprint density at radius 1 is 1.46 bits per heavy atom. The molecule has 4 heteroatoms. The molecule has 0 saturated heterocycles. The molecule has 0 unspecified atom stereocenters. The summed E-state index contributed by atoms with van der Waals surface area (Å²) in [5.74, 6) is 0.0808. The van der Waals surface area contributed by atoms with Crippen LogP contribution in [-0.2, 0) is 10.2 Å². The monoisotopic (exact) mass is 194 g/mol. The minimum atomic E-state index is -0.319. The molecule has 1 aliphatic heterocycles. The fourth-order valence-corrected chi connectivity index (χ4v) is 1.99. The van der Waals surface area contributed by atoms with Crippen molar-refractivity contribution < 1.29 is 4.79 Å². The molecule has 1 amide bonds. The molecular weight excluding hydrogens is 188 g/mol. The largest absolute Gasteiger partial charge is 0.324 e. The summed E-state index contributed by atoms with van der Waals surface area (Å²) in [6.45, 7) is 0. The van der Waals surface area contributed by atoms with Gasteiger partial charge < -0.3 is 5.32 Å². The van der Waals surface area contributed by atoms with Crippen molar-refractivity contribution >= 4 is 23.2 Å². The quantitative estimate of drug-likeness (QED) is 0.639. The Morgan fingerprint density at radius 3 is 2.92 bits per heavy atom. The highest BCUT2D eigenvalue weighted by molar-refractivity contribution is 6.29. The number of nitrogens with one attached hydrogen (secondary N) is 1. The van der Waals surface area contributed by atoms with Crippen LogP contribution >= 0.6 is 11.6 Å². The number of anilines is 1. The van der Waals surface area contributed by atoms with Gasteiger partial charge in [-0.15, -0.1) is 0 Å². The van der Waals surface area contributed by atoms with Crippen LogP contribution in [0.2, 0.25) is 5.15 Å². The summed E-state index contributed by atoms with van der Waals surface area (Å²) >= 11 is 5.78. The van der Waals surface area contributed by atoms with Gasteiger partial charge in [-0.2, -0.15) is 0 Å². The van der Waals surface area contributed by atoms with Crippen LogP contribution in [0.25, 0.3) is 0 Å². The third kappa shape index (κ3) is 0.800. The number of nitrogens with zero attached hydrogens (tertiary/aromatic N) is 1. The molecule has 0 aromatic carbocycles.